The second kappa shape index (κ2) is 11.3. The minimum atomic E-state index is -1.08. The molecule has 2 unspecified atom stereocenters. The van der Waals surface area contributed by atoms with E-state index in [1.54, 1.807) is 26.0 Å². The molecule has 0 bridgehead atoms. The van der Waals surface area contributed by atoms with E-state index < -0.39 is 17.6 Å². The fourth-order valence-electron chi connectivity index (χ4n) is 8.01. The molecule has 2 heterocycles. The second-order valence-electron chi connectivity index (χ2n) is 14.0. The van der Waals surface area contributed by atoms with E-state index in [0.29, 0.717) is 34.4 Å². The molecule has 0 fully saturated rings. The van der Waals surface area contributed by atoms with Crippen molar-refractivity contribution in [3.8, 4) is 5.75 Å². The van der Waals surface area contributed by atoms with E-state index in [0.717, 1.165) is 60.2 Å². The van der Waals surface area contributed by atoms with E-state index in [-0.39, 0.29) is 34.2 Å². The van der Waals surface area contributed by atoms with Crippen LogP contribution in [0.25, 0.3) is 21.8 Å². The number of ketones is 4. The van der Waals surface area contributed by atoms with Crippen molar-refractivity contribution in [2.75, 3.05) is 0 Å². The van der Waals surface area contributed by atoms with Gasteiger partial charge in [0.2, 0.25) is 0 Å². The van der Waals surface area contributed by atoms with Crippen LogP contribution in [0.2, 0.25) is 0 Å². The molecule has 1 N–H and O–H groups in total. The van der Waals surface area contributed by atoms with Crippen LogP contribution < -0.4 is 32.8 Å². The van der Waals surface area contributed by atoms with Crippen molar-refractivity contribution < 1.29 is 24.3 Å². The van der Waals surface area contributed by atoms with Gasteiger partial charge in [0, 0.05) is 22.1 Å². The molecule has 234 valence electrons. The normalized spacial score (nSPS) is 16.8. The van der Waals surface area contributed by atoms with Crippen LogP contribution in [0.1, 0.15) is 75.8 Å². The molecular formula is C37H28B6N2O5. The number of hydrogen-bond acceptors (Lipinski definition) is 7. The van der Waals surface area contributed by atoms with Crippen molar-refractivity contribution in [1.82, 2.24) is 9.97 Å². The van der Waals surface area contributed by atoms with Gasteiger partial charge in [0.15, 0.2) is 23.1 Å². The number of aromatic nitrogens is 2. The molecule has 2 aliphatic carbocycles. The number of carbonyl (C=O) groups excluding carboxylic acids is 4. The van der Waals surface area contributed by atoms with E-state index in [1.807, 2.05) is 61.7 Å². The second-order valence-corrected chi connectivity index (χ2v) is 14.0. The summed E-state index contributed by atoms with van der Waals surface area (Å²) in [5, 5.41) is 12.3. The molecule has 0 saturated carbocycles. The van der Waals surface area contributed by atoms with Gasteiger partial charge in [0.1, 0.15) is 64.7 Å². The molecule has 2 atom stereocenters. The maximum absolute atomic E-state index is 13.6. The van der Waals surface area contributed by atoms with E-state index >= 15 is 0 Å². The molecule has 0 radical (unpaired) electrons. The van der Waals surface area contributed by atoms with Crippen molar-refractivity contribution >= 4 is 125 Å². The molecule has 0 saturated heterocycles. The third-order valence-electron chi connectivity index (χ3n) is 10.7. The van der Waals surface area contributed by atoms with Crippen molar-refractivity contribution in [2.24, 2.45) is 0 Å². The first-order valence-corrected chi connectivity index (χ1v) is 16.7. The number of aromatic hydroxyl groups is 1. The number of phenols is 1. The number of pyridine rings is 2. The van der Waals surface area contributed by atoms with Crippen molar-refractivity contribution in [1.29, 1.82) is 0 Å². The van der Waals surface area contributed by atoms with Crippen LogP contribution in [0.4, 0.5) is 0 Å². The Morgan fingerprint density at radius 3 is 2.06 bits per heavy atom. The van der Waals surface area contributed by atoms with Crippen LogP contribution in [0.15, 0.2) is 66.7 Å². The lowest BCUT2D eigenvalue weighted by molar-refractivity contribution is 0.0872. The topological polar surface area (TPSA) is 114 Å². The predicted octanol–water partition coefficient (Wildman–Crippen LogP) is -4.04. The molecule has 0 aliphatic heterocycles. The summed E-state index contributed by atoms with van der Waals surface area (Å²) in [7, 11) is 11.5. The van der Waals surface area contributed by atoms with Crippen LogP contribution >= 0.6 is 0 Å². The predicted molar refractivity (Wildman–Crippen MR) is 213 cm³/mol. The number of rotatable bonds is 4. The Balaban J connectivity index is 1.08. The van der Waals surface area contributed by atoms with Crippen LogP contribution in [-0.4, -0.2) is 85.3 Å². The molecule has 6 aromatic rings. The van der Waals surface area contributed by atoms with Gasteiger partial charge in [0.25, 0.3) is 0 Å². The summed E-state index contributed by atoms with van der Waals surface area (Å²) in [6.07, 6.45) is 0.655. The summed E-state index contributed by atoms with van der Waals surface area (Å²) in [4.78, 5) is 63.4. The first-order chi connectivity index (χ1) is 23.8. The lowest BCUT2D eigenvalue weighted by Gasteiger charge is -2.15. The summed E-state index contributed by atoms with van der Waals surface area (Å²) in [6, 6.07) is 20.7. The number of benzene rings is 4. The highest BCUT2D eigenvalue weighted by Crippen LogP contribution is 2.37. The summed E-state index contributed by atoms with van der Waals surface area (Å²) < 4.78 is 0. The number of carbonyl (C=O) groups is 4. The van der Waals surface area contributed by atoms with Crippen LogP contribution in [-0.2, 0) is 6.42 Å². The SMILES string of the molecule is Bc1cc(O)c2c(c1)C(=O)C(c1ccc3c(B)c(Cc4ccc5nc(C6C(=O)c7c(B)cc(B)c(B)c7C6=O)ccc5c4)cc(B)c3n1)C2=O. The average Bonchev–Trinajstić information content (AvgIpc) is 3.49. The fourth-order valence-corrected chi connectivity index (χ4v) is 8.01. The van der Waals surface area contributed by atoms with E-state index in [2.05, 4.69) is 20.0 Å². The molecule has 50 heavy (non-hydrogen) atoms. The van der Waals surface area contributed by atoms with Crippen molar-refractivity contribution in [3.63, 3.8) is 0 Å². The average molecular weight is 646 g/mol. The number of fused-ring (bicyclic) bond motifs is 4. The number of nitrogens with zero attached hydrogens (tertiary/aromatic N) is 2. The molecule has 2 aromatic heterocycles. The maximum atomic E-state index is 13.6. The zero-order valence-electron chi connectivity index (χ0n) is 28.7. The Labute approximate surface area is 293 Å². The van der Waals surface area contributed by atoms with Crippen molar-refractivity contribution in [3.05, 3.63) is 111 Å². The van der Waals surface area contributed by atoms with Gasteiger partial charge >= 0.3 is 0 Å². The van der Waals surface area contributed by atoms with Crippen LogP contribution in [0, 0.1) is 0 Å². The van der Waals surface area contributed by atoms with Gasteiger partial charge < -0.3 is 5.11 Å². The Morgan fingerprint density at radius 1 is 0.600 bits per heavy atom. The Kier molecular flexibility index (Phi) is 7.19. The maximum Gasteiger partial charge on any atom is 0.184 e. The van der Waals surface area contributed by atoms with Gasteiger partial charge in [-0.05, 0) is 53.3 Å². The highest BCUT2D eigenvalue weighted by atomic mass is 16.3. The minimum absolute atomic E-state index is 0.0730. The molecule has 0 amide bonds. The van der Waals surface area contributed by atoms with E-state index in [9.17, 15) is 24.3 Å². The highest BCUT2D eigenvalue weighted by Gasteiger charge is 2.43. The van der Waals surface area contributed by atoms with Gasteiger partial charge in [-0.2, -0.15) is 0 Å². The summed E-state index contributed by atoms with van der Waals surface area (Å²) >= 11 is 0. The van der Waals surface area contributed by atoms with Crippen molar-refractivity contribution in [2.45, 2.75) is 18.3 Å². The first-order valence-electron chi connectivity index (χ1n) is 16.7. The first kappa shape index (κ1) is 31.8. The van der Waals surface area contributed by atoms with Crippen LogP contribution in [0.5, 0.6) is 5.75 Å². The van der Waals surface area contributed by atoms with E-state index in [1.165, 1.54) is 6.07 Å². The lowest BCUT2D eigenvalue weighted by Crippen LogP contribution is -2.36. The standard InChI is InChI=1S/C37H28B6N2O5/c38-16-10-18-26(25(46)11-16)35(48)28(34(18)47)24-6-3-17-31(42)15(9-21(41)33(17)45-24)8-13-1-4-22-14(7-13)2-5-23(44-22)29-36(49)27-19(39)12-20(40)32(43)30(27)37(29)50/h1-7,9-12,28-29,46H,8,38-43H2. The number of Topliss-reactive ketones (excluding diaryl/α,β-unsaturated/α-hetero) is 4. The van der Waals surface area contributed by atoms with Gasteiger partial charge in [-0.1, -0.05) is 69.2 Å². The number of hydrogen-bond donors (Lipinski definition) is 1. The zero-order chi connectivity index (χ0) is 35.3. The lowest BCUT2D eigenvalue weighted by atomic mass is 9.72. The highest BCUT2D eigenvalue weighted by molar-refractivity contribution is 6.56. The monoisotopic (exact) mass is 646 g/mol. The molecule has 7 nitrogen and oxygen atoms in total. The molecular weight excluding hydrogens is 617 g/mol. The molecule has 0 spiro atoms. The number of phenolic OH excluding ortho intramolecular Hbond substituents is 1. The smallest absolute Gasteiger partial charge is 0.184 e. The van der Waals surface area contributed by atoms with Gasteiger partial charge in [-0.3, -0.25) is 29.1 Å². The Bertz CT molecular complexity index is 2610. The Morgan fingerprint density at radius 2 is 1.28 bits per heavy atom. The largest absolute Gasteiger partial charge is 0.507 e. The zero-order valence-corrected chi connectivity index (χ0v) is 28.7. The van der Waals surface area contributed by atoms with E-state index in [4.69, 9.17) is 9.97 Å². The molecule has 2 aliphatic rings. The van der Waals surface area contributed by atoms with Gasteiger partial charge in [0.05, 0.1) is 28.0 Å². The Hall–Kier alpha value is -5.43. The minimum Gasteiger partial charge on any atom is -0.507 e. The molecule has 4 aromatic carbocycles. The quantitative estimate of drug-likeness (QED) is 0.154. The summed E-state index contributed by atoms with van der Waals surface area (Å²) in [5.74, 6) is -3.31. The van der Waals surface area contributed by atoms with Crippen LogP contribution in [0.3, 0.4) is 0 Å². The van der Waals surface area contributed by atoms with Gasteiger partial charge in [-0.15, -0.1) is 0 Å². The molecule has 13 heteroatoms. The molecule has 8 rings (SSSR count). The summed E-state index contributed by atoms with van der Waals surface area (Å²) in [6.45, 7) is 0. The summed E-state index contributed by atoms with van der Waals surface area (Å²) in [5.41, 5.74) is 11.2. The third-order valence-corrected chi connectivity index (χ3v) is 10.7. The fraction of sp³-hybridized carbons (Fsp3) is 0.0811. The van der Waals surface area contributed by atoms with Gasteiger partial charge in [-0.25, -0.2) is 0 Å². The third kappa shape index (κ3) is 4.67.